The highest BCUT2D eigenvalue weighted by atomic mass is 32.1. The predicted octanol–water partition coefficient (Wildman–Crippen LogP) is 2.57. The van der Waals surface area contributed by atoms with Crippen molar-refractivity contribution in [2.24, 2.45) is 11.7 Å². The second-order valence-corrected chi connectivity index (χ2v) is 9.30. The smallest absolute Gasteiger partial charge is 0.190 e. The number of benzene rings is 1. The summed E-state index contributed by atoms with van der Waals surface area (Å²) in [6.45, 7) is 2.86. The third-order valence-electron chi connectivity index (χ3n) is 6.20. The van der Waals surface area contributed by atoms with Crippen molar-refractivity contribution in [2.45, 2.75) is 49.6 Å². The van der Waals surface area contributed by atoms with Crippen LogP contribution in [0, 0.1) is 5.92 Å². The molecule has 0 spiro atoms. The molecule has 3 saturated carbocycles. The zero-order chi connectivity index (χ0) is 19.9. The molecule has 0 amide bonds. The molecule has 3 fully saturated rings. The van der Waals surface area contributed by atoms with Gasteiger partial charge in [-0.2, -0.15) is 0 Å². The molecule has 2 aromatic rings. The fourth-order valence-electron chi connectivity index (χ4n) is 4.55. The molecule has 148 valence electrons. The lowest BCUT2D eigenvalue weighted by atomic mass is 9.44. The summed E-state index contributed by atoms with van der Waals surface area (Å²) >= 11 is 6.92. The molecule has 1 aromatic heterocycles. The van der Waals surface area contributed by atoms with Crippen molar-refractivity contribution >= 4 is 51.9 Å². The molecule has 2 atom stereocenters. The molecule has 3 aliphatic rings. The molecule has 3 aliphatic carbocycles. The molecule has 5 N–H and O–H groups in total. The van der Waals surface area contributed by atoms with E-state index in [1.54, 1.807) is 0 Å². The maximum absolute atomic E-state index is 11.2. The number of thiazole rings is 1. The number of aliphatic hydroxyl groups is 1. The third kappa shape index (κ3) is 3.49. The van der Waals surface area contributed by atoms with Crippen molar-refractivity contribution in [2.75, 3.05) is 18.5 Å². The first-order chi connectivity index (χ1) is 13.3. The topological polar surface area (TPSA) is 92.4 Å². The van der Waals surface area contributed by atoms with Gasteiger partial charge >= 0.3 is 0 Å². The zero-order valence-corrected chi connectivity index (χ0v) is 17.5. The molecule has 6 nitrogen and oxygen atoms in total. The summed E-state index contributed by atoms with van der Waals surface area (Å²) in [4.78, 5) is 4.55. The highest BCUT2D eigenvalue weighted by Gasteiger charge is 2.56. The Morgan fingerprint density at radius 1 is 1.46 bits per heavy atom. The van der Waals surface area contributed by atoms with E-state index in [9.17, 15) is 5.11 Å². The summed E-state index contributed by atoms with van der Waals surface area (Å²) < 4.78 is 6.55. The standard InChI is InChI=1S/C19H25BN4O2S2/c1-2-26-12-3-4-13-14(9-12)28-17(23-13)24-16(27)22-10-19(25)11-5-7-18(20,8-6-11)15(19)21/h3-4,9,11,15,25H,2,5-8,10,21H2,1H3,(H2,22,23,24,27). The number of nitrogens with zero attached hydrogens (tertiary/aromatic N) is 1. The first-order valence-electron chi connectivity index (χ1n) is 9.69. The monoisotopic (exact) mass is 416 g/mol. The predicted molar refractivity (Wildman–Crippen MR) is 118 cm³/mol. The number of nitrogens with one attached hydrogen (secondary N) is 2. The lowest BCUT2D eigenvalue weighted by Crippen LogP contribution is -2.68. The van der Waals surface area contributed by atoms with Crippen LogP contribution in [0.25, 0.3) is 10.2 Å². The summed E-state index contributed by atoms with van der Waals surface area (Å²) in [5.74, 6) is 0.979. The molecule has 28 heavy (non-hydrogen) atoms. The Morgan fingerprint density at radius 2 is 2.21 bits per heavy atom. The first kappa shape index (κ1) is 19.9. The van der Waals surface area contributed by atoms with Gasteiger partial charge in [-0.25, -0.2) is 4.98 Å². The van der Waals surface area contributed by atoms with Gasteiger partial charge in [-0.05, 0) is 61.4 Å². The summed E-state index contributed by atoms with van der Waals surface area (Å²) in [5, 5.41) is 18.1. The summed E-state index contributed by atoms with van der Waals surface area (Å²) in [7, 11) is 6.44. The summed E-state index contributed by atoms with van der Waals surface area (Å²) in [5.41, 5.74) is 6.20. The van der Waals surface area contributed by atoms with Gasteiger partial charge in [0.2, 0.25) is 0 Å². The Balaban J connectivity index is 1.40. The number of hydrogen-bond acceptors (Lipinski definition) is 6. The molecule has 1 heterocycles. The molecular formula is C19H25BN4O2S2. The zero-order valence-electron chi connectivity index (χ0n) is 15.9. The van der Waals surface area contributed by atoms with Crippen LogP contribution in [0.5, 0.6) is 5.75 Å². The minimum Gasteiger partial charge on any atom is -0.494 e. The quantitative estimate of drug-likeness (QED) is 0.440. The maximum atomic E-state index is 11.2. The van der Waals surface area contributed by atoms with Gasteiger partial charge in [0.1, 0.15) is 5.75 Å². The van der Waals surface area contributed by atoms with Gasteiger partial charge in [-0.3, -0.25) is 0 Å². The number of nitrogens with two attached hydrogens (primary N) is 1. The Bertz CT molecular complexity index is 884. The number of thiocarbonyl (C=S) groups is 1. The lowest BCUT2D eigenvalue weighted by Gasteiger charge is -2.59. The normalized spacial score (nSPS) is 31.7. The van der Waals surface area contributed by atoms with Crippen molar-refractivity contribution in [3.8, 4) is 5.75 Å². The van der Waals surface area contributed by atoms with E-state index in [1.807, 2.05) is 25.1 Å². The molecular weight excluding hydrogens is 391 g/mol. The second-order valence-electron chi connectivity index (χ2n) is 7.87. The highest BCUT2D eigenvalue weighted by molar-refractivity contribution is 7.80. The molecule has 2 bridgehead atoms. The number of fused-ring (bicyclic) bond motifs is 4. The van der Waals surface area contributed by atoms with Crippen molar-refractivity contribution < 1.29 is 9.84 Å². The van der Waals surface area contributed by atoms with E-state index in [1.165, 1.54) is 11.3 Å². The largest absolute Gasteiger partial charge is 0.494 e. The van der Waals surface area contributed by atoms with Crippen LogP contribution < -0.4 is 21.1 Å². The van der Waals surface area contributed by atoms with Gasteiger partial charge in [0.05, 0.1) is 30.3 Å². The van der Waals surface area contributed by atoms with Gasteiger partial charge in [0.15, 0.2) is 10.2 Å². The fourth-order valence-corrected chi connectivity index (χ4v) is 5.68. The van der Waals surface area contributed by atoms with E-state index in [4.69, 9.17) is 30.5 Å². The van der Waals surface area contributed by atoms with Gasteiger partial charge in [-0.1, -0.05) is 24.2 Å². The first-order valence-corrected chi connectivity index (χ1v) is 10.9. The van der Waals surface area contributed by atoms with Crippen LogP contribution in [0.2, 0.25) is 5.31 Å². The number of ether oxygens (including phenoxy) is 1. The van der Waals surface area contributed by atoms with Crippen molar-refractivity contribution in [1.29, 1.82) is 0 Å². The van der Waals surface area contributed by atoms with Crippen LogP contribution in [0.3, 0.4) is 0 Å². The van der Waals surface area contributed by atoms with Gasteiger partial charge in [-0.15, -0.1) is 0 Å². The van der Waals surface area contributed by atoms with Crippen molar-refractivity contribution in [1.82, 2.24) is 10.3 Å². The number of hydrogen-bond donors (Lipinski definition) is 4. The van der Waals surface area contributed by atoms with E-state index < -0.39 is 17.0 Å². The Kier molecular flexibility index (Phi) is 5.28. The average Bonchev–Trinajstić information content (AvgIpc) is 3.06. The van der Waals surface area contributed by atoms with Crippen molar-refractivity contribution in [3.05, 3.63) is 18.2 Å². The average molecular weight is 416 g/mol. The number of rotatable bonds is 5. The number of aromatic nitrogens is 1. The van der Waals surface area contributed by atoms with Crippen LogP contribution >= 0.6 is 23.6 Å². The minimum atomic E-state index is -1.04. The number of anilines is 1. The van der Waals surface area contributed by atoms with E-state index >= 15 is 0 Å². The Hall–Kier alpha value is -1.42. The Labute approximate surface area is 175 Å². The van der Waals surface area contributed by atoms with Crippen molar-refractivity contribution in [3.63, 3.8) is 0 Å². The summed E-state index contributed by atoms with van der Waals surface area (Å²) in [6.07, 6.45) is 3.56. The van der Waals surface area contributed by atoms with Crippen LogP contribution in [-0.4, -0.2) is 47.8 Å². The molecule has 9 heteroatoms. The van der Waals surface area contributed by atoms with Crippen LogP contribution in [0.15, 0.2) is 18.2 Å². The van der Waals surface area contributed by atoms with Crippen LogP contribution in [-0.2, 0) is 0 Å². The van der Waals surface area contributed by atoms with E-state index in [-0.39, 0.29) is 12.5 Å². The summed E-state index contributed by atoms with van der Waals surface area (Å²) in [6, 6.07) is 5.35. The maximum Gasteiger partial charge on any atom is 0.190 e. The van der Waals surface area contributed by atoms with Gasteiger partial charge in [0, 0.05) is 12.6 Å². The molecule has 0 aliphatic heterocycles. The third-order valence-corrected chi connectivity index (χ3v) is 7.38. The Morgan fingerprint density at radius 3 is 2.93 bits per heavy atom. The molecule has 2 radical (unpaired) electrons. The van der Waals surface area contributed by atoms with E-state index in [0.29, 0.717) is 16.9 Å². The van der Waals surface area contributed by atoms with Gasteiger partial charge < -0.3 is 26.2 Å². The van der Waals surface area contributed by atoms with Crippen LogP contribution in [0.1, 0.15) is 32.6 Å². The lowest BCUT2D eigenvalue weighted by molar-refractivity contribution is -0.104. The van der Waals surface area contributed by atoms with E-state index in [2.05, 4.69) is 15.6 Å². The van der Waals surface area contributed by atoms with Gasteiger partial charge in [0.25, 0.3) is 0 Å². The fraction of sp³-hybridized carbons (Fsp3) is 0.579. The highest BCUT2D eigenvalue weighted by Crippen LogP contribution is 2.56. The minimum absolute atomic E-state index is 0.155. The molecule has 0 saturated heterocycles. The molecule has 1 aromatic carbocycles. The second kappa shape index (κ2) is 7.44. The van der Waals surface area contributed by atoms with Crippen LogP contribution in [0.4, 0.5) is 5.13 Å². The van der Waals surface area contributed by atoms with E-state index in [0.717, 1.165) is 41.6 Å². The SMILES string of the molecule is [B]C12CCC(CC1)C(O)(CNC(=S)Nc1nc3ccc(OCC)cc3s1)C2N. The molecule has 2 unspecified atom stereocenters. The molecule has 5 rings (SSSR count).